The van der Waals surface area contributed by atoms with Gasteiger partial charge in [0.1, 0.15) is 24.4 Å². The number of rotatable bonds is 10. The molecule has 0 spiro atoms. The van der Waals surface area contributed by atoms with E-state index in [9.17, 15) is 10.2 Å². The molecular formula is C22H28O6. The second-order valence-electron chi connectivity index (χ2n) is 6.70. The Hall–Kier alpha value is -1.80. The highest BCUT2D eigenvalue weighted by molar-refractivity contribution is 5.14. The van der Waals surface area contributed by atoms with Crippen LogP contribution in [0.5, 0.6) is 0 Å². The highest BCUT2D eigenvalue weighted by Crippen LogP contribution is 2.31. The molecule has 0 aromatic heterocycles. The Kier molecular flexibility index (Phi) is 7.97. The molecular weight excluding hydrogens is 360 g/mol. The van der Waals surface area contributed by atoms with Crippen LogP contribution < -0.4 is 0 Å². The van der Waals surface area contributed by atoms with E-state index >= 15 is 0 Å². The summed E-state index contributed by atoms with van der Waals surface area (Å²) in [5.74, 6) is 0. The third-order valence-electron chi connectivity index (χ3n) is 4.67. The topological polar surface area (TPSA) is 77.4 Å². The van der Waals surface area contributed by atoms with Crippen LogP contribution in [0.25, 0.3) is 0 Å². The van der Waals surface area contributed by atoms with Gasteiger partial charge in [-0.15, -0.1) is 0 Å². The third-order valence-corrected chi connectivity index (χ3v) is 4.67. The van der Waals surface area contributed by atoms with Crippen molar-refractivity contribution in [2.45, 2.75) is 50.8 Å². The summed E-state index contributed by atoms with van der Waals surface area (Å²) in [7, 11) is 0. The molecule has 1 aliphatic heterocycles. The summed E-state index contributed by atoms with van der Waals surface area (Å²) in [4.78, 5) is 0. The molecule has 3 rings (SSSR count). The maximum Gasteiger partial charge on any atom is 0.186 e. The average Bonchev–Trinajstić information content (AvgIpc) is 3.09. The van der Waals surface area contributed by atoms with Gasteiger partial charge in [-0.2, -0.15) is 0 Å². The minimum absolute atomic E-state index is 0.341. The summed E-state index contributed by atoms with van der Waals surface area (Å²) in [5.41, 5.74) is 2.02. The molecule has 0 aliphatic carbocycles. The predicted molar refractivity (Wildman–Crippen MR) is 103 cm³/mol. The van der Waals surface area contributed by atoms with E-state index in [1.807, 2.05) is 67.6 Å². The van der Waals surface area contributed by atoms with Crippen molar-refractivity contribution in [3.8, 4) is 0 Å². The lowest BCUT2D eigenvalue weighted by molar-refractivity contribution is -0.188. The van der Waals surface area contributed by atoms with Crippen molar-refractivity contribution in [1.82, 2.24) is 0 Å². The van der Waals surface area contributed by atoms with Crippen LogP contribution >= 0.6 is 0 Å². The van der Waals surface area contributed by atoms with Gasteiger partial charge in [0.05, 0.1) is 19.8 Å². The van der Waals surface area contributed by atoms with Crippen molar-refractivity contribution < 1.29 is 29.2 Å². The Morgan fingerprint density at radius 2 is 1.39 bits per heavy atom. The SMILES string of the molecule is CCO[C@@H]1O[C@@H]([C@H](O)CO)[C@H](OCc2ccccc2)[C@H]1OCc1ccccc1. The summed E-state index contributed by atoms with van der Waals surface area (Å²) in [5, 5.41) is 19.7. The van der Waals surface area contributed by atoms with Gasteiger partial charge in [-0.1, -0.05) is 60.7 Å². The van der Waals surface area contributed by atoms with E-state index in [1.165, 1.54) is 0 Å². The molecule has 6 nitrogen and oxygen atoms in total. The van der Waals surface area contributed by atoms with Crippen molar-refractivity contribution in [3.05, 3.63) is 71.8 Å². The van der Waals surface area contributed by atoms with E-state index in [4.69, 9.17) is 18.9 Å². The van der Waals surface area contributed by atoms with Crippen LogP contribution in [0.3, 0.4) is 0 Å². The number of hydrogen-bond acceptors (Lipinski definition) is 6. The predicted octanol–water partition coefficient (Wildman–Crippen LogP) is 2.27. The highest BCUT2D eigenvalue weighted by atomic mass is 16.7. The van der Waals surface area contributed by atoms with Crippen LogP contribution in [0.2, 0.25) is 0 Å². The van der Waals surface area contributed by atoms with Gasteiger partial charge in [0.2, 0.25) is 0 Å². The van der Waals surface area contributed by atoms with Crippen LogP contribution in [0, 0.1) is 0 Å². The van der Waals surface area contributed by atoms with Crippen molar-refractivity contribution >= 4 is 0 Å². The fourth-order valence-corrected chi connectivity index (χ4v) is 3.26. The van der Waals surface area contributed by atoms with Crippen LogP contribution in [0.1, 0.15) is 18.1 Å². The third kappa shape index (κ3) is 5.38. The van der Waals surface area contributed by atoms with Gasteiger partial charge in [0.25, 0.3) is 0 Å². The van der Waals surface area contributed by atoms with Gasteiger partial charge < -0.3 is 29.2 Å². The lowest BCUT2D eigenvalue weighted by atomic mass is 10.1. The molecule has 0 bridgehead atoms. The van der Waals surface area contributed by atoms with Gasteiger partial charge in [-0.3, -0.25) is 0 Å². The van der Waals surface area contributed by atoms with E-state index in [0.29, 0.717) is 19.8 Å². The van der Waals surface area contributed by atoms with Crippen molar-refractivity contribution in [3.63, 3.8) is 0 Å². The van der Waals surface area contributed by atoms with E-state index in [-0.39, 0.29) is 0 Å². The number of benzene rings is 2. The average molecular weight is 388 g/mol. The molecule has 5 atom stereocenters. The van der Waals surface area contributed by atoms with Crippen LogP contribution in [0.4, 0.5) is 0 Å². The first-order valence-electron chi connectivity index (χ1n) is 9.60. The molecule has 2 aromatic rings. The van der Waals surface area contributed by atoms with Gasteiger partial charge in [0, 0.05) is 6.61 Å². The summed E-state index contributed by atoms with van der Waals surface area (Å²) < 4.78 is 23.8. The Bertz CT molecular complexity index is 680. The number of aliphatic hydroxyl groups is 2. The molecule has 1 heterocycles. The van der Waals surface area contributed by atoms with Crippen molar-refractivity contribution in [2.75, 3.05) is 13.2 Å². The number of aliphatic hydroxyl groups excluding tert-OH is 2. The Labute approximate surface area is 165 Å². The zero-order chi connectivity index (χ0) is 19.8. The van der Waals surface area contributed by atoms with Gasteiger partial charge in [-0.25, -0.2) is 0 Å². The van der Waals surface area contributed by atoms with Gasteiger partial charge in [-0.05, 0) is 18.1 Å². The highest BCUT2D eigenvalue weighted by Gasteiger charge is 2.49. The van der Waals surface area contributed by atoms with E-state index in [1.54, 1.807) is 0 Å². The Balaban J connectivity index is 1.74. The normalized spacial score (nSPS) is 25.7. The summed E-state index contributed by atoms with van der Waals surface area (Å²) >= 11 is 0. The lowest BCUT2D eigenvalue weighted by Gasteiger charge is -2.26. The molecule has 1 fully saturated rings. The van der Waals surface area contributed by atoms with Gasteiger partial charge >= 0.3 is 0 Å². The molecule has 28 heavy (non-hydrogen) atoms. The minimum atomic E-state index is -1.09. The fraction of sp³-hybridized carbons (Fsp3) is 0.455. The van der Waals surface area contributed by atoms with E-state index in [2.05, 4.69) is 0 Å². The monoisotopic (exact) mass is 388 g/mol. The zero-order valence-electron chi connectivity index (χ0n) is 16.0. The molecule has 0 amide bonds. The van der Waals surface area contributed by atoms with Crippen LogP contribution in [-0.2, 0) is 32.2 Å². The fourth-order valence-electron chi connectivity index (χ4n) is 3.26. The number of hydrogen-bond donors (Lipinski definition) is 2. The lowest BCUT2D eigenvalue weighted by Crippen LogP contribution is -2.43. The Morgan fingerprint density at radius 3 is 1.89 bits per heavy atom. The molecule has 2 aromatic carbocycles. The molecule has 0 saturated carbocycles. The summed E-state index contributed by atoms with van der Waals surface area (Å²) in [6, 6.07) is 19.6. The summed E-state index contributed by atoms with van der Waals surface area (Å²) in [6.07, 6.45) is -3.63. The molecule has 152 valence electrons. The standard InChI is InChI=1S/C22H28O6/c1-2-25-22-21(27-15-17-11-7-4-8-12-17)20(19(28-22)18(24)13-23)26-14-16-9-5-3-6-10-16/h3-12,18-24H,2,13-15H2,1H3/t18-,19+,20+,21-,22-/m1/s1. The largest absolute Gasteiger partial charge is 0.394 e. The molecule has 1 saturated heterocycles. The first kappa shape index (κ1) is 20.9. The molecule has 0 radical (unpaired) electrons. The molecule has 0 unspecified atom stereocenters. The van der Waals surface area contributed by atoms with Crippen molar-refractivity contribution in [1.29, 1.82) is 0 Å². The zero-order valence-corrected chi connectivity index (χ0v) is 16.0. The van der Waals surface area contributed by atoms with Gasteiger partial charge in [0.15, 0.2) is 6.29 Å². The molecule has 6 heteroatoms. The molecule has 2 N–H and O–H groups in total. The van der Waals surface area contributed by atoms with Crippen LogP contribution in [0.15, 0.2) is 60.7 Å². The maximum absolute atomic E-state index is 10.2. The smallest absolute Gasteiger partial charge is 0.186 e. The minimum Gasteiger partial charge on any atom is -0.394 e. The summed E-state index contributed by atoms with van der Waals surface area (Å²) in [6.45, 7) is 2.58. The van der Waals surface area contributed by atoms with Crippen LogP contribution in [-0.4, -0.2) is 54.1 Å². The van der Waals surface area contributed by atoms with E-state index < -0.39 is 37.3 Å². The van der Waals surface area contributed by atoms with E-state index in [0.717, 1.165) is 11.1 Å². The molecule has 1 aliphatic rings. The first-order valence-corrected chi connectivity index (χ1v) is 9.60. The van der Waals surface area contributed by atoms with Crippen molar-refractivity contribution in [2.24, 2.45) is 0 Å². The Morgan fingerprint density at radius 1 is 0.857 bits per heavy atom. The maximum atomic E-state index is 10.2. The number of ether oxygens (including phenoxy) is 4. The second kappa shape index (κ2) is 10.7. The second-order valence-corrected chi connectivity index (χ2v) is 6.70. The first-order chi connectivity index (χ1) is 13.7. The quantitative estimate of drug-likeness (QED) is 0.650.